The predicted molar refractivity (Wildman–Crippen MR) is 167 cm³/mol. The van der Waals surface area contributed by atoms with Crippen molar-refractivity contribution < 1.29 is 19.1 Å². The Balaban J connectivity index is 1.23. The lowest BCUT2D eigenvalue weighted by atomic mass is 10.0. The van der Waals surface area contributed by atoms with Crippen molar-refractivity contribution in [3.05, 3.63) is 65.8 Å². The number of hydrogen-bond donors (Lipinski definition) is 3. The van der Waals surface area contributed by atoms with Crippen LogP contribution in [0.5, 0.6) is 5.75 Å². The van der Waals surface area contributed by atoms with Crippen LogP contribution in [0.1, 0.15) is 16.9 Å². The van der Waals surface area contributed by atoms with Crippen LogP contribution in [0, 0.1) is 0 Å². The van der Waals surface area contributed by atoms with Crippen molar-refractivity contribution in [2.75, 3.05) is 56.3 Å². The third kappa shape index (κ3) is 5.41. The highest BCUT2D eigenvalue weighted by Crippen LogP contribution is 2.42. The van der Waals surface area contributed by atoms with E-state index in [0.29, 0.717) is 54.8 Å². The highest BCUT2D eigenvalue weighted by Gasteiger charge is 2.19. The van der Waals surface area contributed by atoms with E-state index >= 15 is 0 Å². The number of methoxy groups -OCH3 is 1. The number of carbonyl (C=O) groups is 2. The van der Waals surface area contributed by atoms with Gasteiger partial charge in [0.05, 0.1) is 42.6 Å². The second-order valence-corrected chi connectivity index (χ2v) is 11.1. The van der Waals surface area contributed by atoms with Crippen LogP contribution < -0.4 is 21.1 Å². The van der Waals surface area contributed by atoms with Crippen molar-refractivity contribution in [3.63, 3.8) is 0 Å². The Labute approximate surface area is 247 Å². The molecule has 0 spiro atoms. The Morgan fingerprint density at radius 3 is 2.69 bits per heavy atom. The number of nitrogens with zero attached hydrogens (tertiary/aromatic N) is 3. The molecule has 1 aliphatic rings. The average molecular weight is 585 g/mol. The summed E-state index contributed by atoms with van der Waals surface area (Å²) in [7, 11) is 3.44. The number of carbonyl (C=O) groups excluding carboxylic acids is 2. The van der Waals surface area contributed by atoms with Gasteiger partial charge in [-0.25, -0.2) is 4.98 Å². The molecule has 2 amide bonds. The van der Waals surface area contributed by atoms with E-state index in [4.69, 9.17) is 15.2 Å². The lowest BCUT2D eigenvalue weighted by Crippen LogP contribution is -2.38. The van der Waals surface area contributed by atoms with E-state index in [-0.39, 0.29) is 11.8 Å². The quantitative estimate of drug-likeness (QED) is 0.236. The monoisotopic (exact) mass is 584 g/mol. The Kier molecular flexibility index (Phi) is 7.79. The van der Waals surface area contributed by atoms with Crippen LogP contribution in [0.4, 0.5) is 17.2 Å². The third-order valence-corrected chi connectivity index (χ3v) is 8.62. The standard InChI is InChI=1S/C31H32N6O4S/c1-36-24-6-4-3-5-20(24)15-25(36)31(39)35-22-8-7-19(16-26(22)40-2)21-18-42-29-23(17-33-30(32)28(21)29)34-27(38)9-10-37-11-13-41-14-12-37/h3-8,15-18H,9-14H2,1-2H3,(H2,32,33)(H,34,38)(H,35,39). The maximum Gasteiger partial charge on any atom is 0.272 e. The molecule has 2 aromatic carbocycles. The van der Waals surface area contributed by atoms with Crippen molar-refractivity contribution in [1.29, 1.82) is 0 Å². The Morgan fingerprint density at radius 1 is 1.10 bits per heavy atom. The smallest absolute Gasteiger partial charge is 0.272 e. The van der Waals surface area contributed by atoms with E-state index in [1.54, 1.807) is 13.3 Å². The minimum Gasteiger partial charge on any atom is -0.495 e. The summed E-state index contributed by atoms with van der Waals surface area (Å²) in [4.78, 5) is 32.6. The first-order valence-corrected chi connectivity index (χ1v) is 14.6. The SMILES string of the molecule is COc1cc(-c2csc3c(NC(=O)CCN4CCOCC4)cnc(N)c23)ccc1NC(=O)c1cc2ccccc2n1C. The van der Waals surface area contributed by atoms with Gasteiger partial charge in [-0.2, -0.15) is 0 Å². The fourth-order valence-corrected chi connectivity index (χ4v) is 6.37. The van der Waals surface area contributed by atoms with Gasteiger partial charge in [-0.1, -0.05) is 24.3 Å². The normalized spacial score (nSPS) is 13.9. The molecule has 4 heterocycles. The molecule has 42 heavy (non-hydrogen) atoms. The molecule has 0 aliphatic carbocycles. The number of thiophene rings is 1. The number of fused-ring (bicyclic) bond motifs is 2. The highest BCUT2D eigenvalue weighted by molar-refractivity contribution is 7.18. The average Bonchev–Trinajstić information content (AvgIpc) is 3.61. The molecule has 1 aliphatic heterocycles. The van der Waals surface area contributed by atoms with Gasteiger partial charge < -0.3 is 30.4 Å². The van der Waals surface area contributed by atoms with Gasteiger partial charge in [0.25, 0.3) is 5.91 Å². The lowest BCUT2D eigenvalue weighted by molar-refractivity contribution is -0.116. The molecule has 0 radical (unpaired) electrons. The summed E-state index contributed by atoms with van der Waals surface area (Å²) < 4.78 is 13.8. The summed E-state index contributed by atoms with van der Waals surface area (Å²) in [6, 6.07) is 15.3. The Morgan fingerprint density at radius 2 is 1.90 bits per heavy atom. The molecule has 0 atom stereocenters. The fraction of sp³-hybridized carbons (Fsp3) is 0.258. The third-order valence-electron chi connectivity index (χ3n) is 7.60. The van der Waals surface area contributed by atoms with Crippen LogP contribution >= 0.6 is 11.3 Å². The maximum absolute atomic E-state index is 13.2. The molecule has 216 valence electrons. The number of morpholine rings is 1. The summed E-state index contributed by atoms with van der Waals surface area (Å²) >= 11 is 1.49. The van der Waals surface area contributed by atoms with Crippen molar-refractivity contribution in [2.45, 2.75) is 6.42 Å². The second kappa shape index (κ2) is 11.8. The van der Waals surface area contributed by atoms with Gasteiger partial charge in [0.1, 0.15) is 17.3 Å². The summed E-state index contributed by atoms with van der Waals surface area (Å²) in [5.41, 5.74) is 10.8. The minimum atomic E-state index is -0.233. The number of hydrogen-bond acceptors (Lipinski definition) is 8. The molecule has 1 fully saturated rings. The summed E-state index contributed by atoms with van der Waals surface area (Å²) in [6.07, 6.45) is 1.99. The molecule has 6 rings (SSSR count). The zero-order chi connectivity index (χ0) is 29.2. The van der Waals surface area contributed by atoms with E-state index in [1.807, 2.05) is 65.5 Å². The Hall–Kier alpha value is -4.45. The van der Waals surface area contributed by atoms with Crippen LogP contribution in [0.2, 0.25) is 0 Å². The van der Waals surface area contributed by atoms with Crippen LogP contribution in [0.15, 0.2) is 60.1 Å². The van der Waals surface area contributed by atoms with Gasteiger partial charge in [-0.3, -0.25) is 14.5 Å². The van der Waals surface area contributed by atoms with Gasteiger partial charge in [-0.05, 0) is 29.8 Å². The number of anilines is 3. The molecule has 5 aromatic rings. The zero-order valence-corrected chi connectivity index (χ0v) is 24.3. The number of ether oxygens (including phenoxy) is 2. The molecular weight excluding hydrogens is 552 g/mol. The second-order valence-electron chi connectivity index (χ2n) is 10.2. The van der Waals surface area contributed by atoms with Crippen LogP contribution in [0.3, 0.4) is 0 Å². The molecule has 1 saturated heterocycles. The number of nitrogen functional groups attached to an aromatic ring is 1. The Bertz CT molecular complexity index is 1790. The molecule has 3 aromatic heterocycles. The number of pyridine rings is 1. The number of para-hydroxylation sites is 1. The van der Waals surface area contributed by atoms with Crippen molar-refractivity contribution in [1.82, 2.24) is 14.5 Å². The van der Waals surface area contributed by atoms with E-state index in [2.05, 4.69) is 20.5 Å². The van der Waals surface area contributed by atoms with Gasteiger partial charge >= 0.3 is 0 Å². The first kappa shape index (κ1) is 27.7. The van der Waals surface area contributed by atoms with E-state index in [0.717, 1.165) is 45.2 Å². The summed E-state index contributed by atoms with van der Waals surface area (Å²) in [6.45, 7) is 3.75. The zero-order valence-electron chi connectivity index (χ0n) is 23.5. The van der Waals surface area contributed by atoms with Crippen LogP contribution in [-0.4, -0.2) is 66.2 Å². The predicted octanol–water partition coefficient (Wildman–Crippen LogP) is 4.96. The largest absolute Gasteiger partial charge is 0.495 e. The van der Waals surface area contributed by atoms with Gasteiger partial charge in [-0.15, -0.1) is 11.3 Å². The molecular formula is C31H32N6O4S. The number of rotatable bonds is 8. The number of aromatic nitrogens is 2. The molecule has 0 bridgehead atoms. The number of nitrogens with one attached hydrogen (secondary N) is 2. The highest BCUT2D eigenvalue weighted by atomic mass is 32.1. The van der Waals surface area contributed by atoms with Crippen molar-refractivity contribution >= 4 is 61.3 Å². The van der Waals surface area contributed by atoms with Gasteiger partial charge in [0, 0.05) is 60.3 Å². The molecule has 11 heteroatoms. The van der Waals surface area contributed by atoms with Gasteiger partial charge in [0.15, 0.2) is 0 Å². The fourth-order valence-electron chi connectivity index (χ4n) is 5.32. The molecule has 0 saturated carbocycles. The maximum atomic E-state index is 13.2. The van der Waals surface area contributed by atoms with Gasteiger partial charge in [0.2, 0.25) is 5.91 Å². The van der Waals surface area contributed by atoms with Crippen molar-refractivity contribution in [2.24, 2.45) is 7.05 Å². The minimum absolute atomic E-state index is 0.0720. The van der Waals surface area contributed by atoms with E-state index in [9.17, 15) is 9.59 Å². The first-order valence-electron chi connectivity index (χ1n) is 13.7. The topological polar surface area (TPSA) is 124 Å². The van der Waals surface area contributed by atoms with E-state index in [1.165, 1.54) is 11.3 Å². The molecule has 4 N–H and O–H groups in total. The van der Waals surface area contributed by atoms with Crippen molar-refractivity contribution in [3.8, 4) is 16.9 Å². The number of nitrogens with two attached hydrogens (primary N) is 1. The molecule has 0 unspecified atom stereocenters. The van der Waals surface area contributed by atoms with Crippen LogP contribution in [0.25, 0.3) is 32.1 Å². The number of benzene rings is 2. The lowest BCUT2D eigenvalue weighted by Gasteiger charge is -2.26. The van der Waals surface area contributed by atoms with Crippen LogP contribution in [-0.2, 0) is 16.6 Å². The number of amides is 2. The van der Waals surface area contributed by atoms with E-state index < -0.39 is 0 Å². The first-order chi connectivity index (χ1) is 20.4. The number of aryl methyl sites for hydroxylation is 1. The molecule has 10 nitrogen and oxygen atoms in total. The summed E-state index contributed by atoms with van der Waals surface area (Å²) in [5, 5.41) is 9.77. The summed E-state index contributed by atoms with van der Waals surface area (Å²) in [5.74, 6) is 0.582.